The Morgan fingerprint density at radius 3 is 1.97 bits per heavy atom. The average Bonchev–Trinajstić information content (AvgIpc) is 2.95. The number of benzene rings is 3. The van der Waals surface area contributed by atoms with Crippen LogP contribution in [0, 0.1) is 0 Å². The third kappa shape index (κ3) is 5.08. The number of hydrogen-bond donors (Lipinski definition) is 1. The Bertz CT molecular complexity index is 1290. The van der Waals surface area contributed by atoms with Gasteiger partial charge in [0, 0.05) is 24.1 Å². The summed E-state index contributed by atoms with van der Waals surface area (Å²) in [6.07, 6.45) is -1.30. The average molecular weight is 527 g/mol. The van der Waals surface area contributed by atoms with Gasteiger partial charge >= 0.3 is 5.97 Å². The zero-order valence-electron chi connectivity index (χ0n) is 22.0. The number of fused-ring (bicyclic) bond motifs is 1. The van der Waals surface area contributed by atoms with Crippen molar-refractivity contribution in [1.29, 1.82) is 0 Å². The van der Waals surface area contributed by atoms with Crippen LogP contribution < -0.4 is 37.9 Å². The molecule has 1 heterocycles. The molecule has 0 aromatic heterocycles. The molecular weight excluding hydrogens is 496 g/mol. The van der Waals surface area contributed by atoms with Crippen molar-refractivity contribution in [2.24, 2.45) is 0 Å². The van der Waals surface area contributed by atoms with E-state index < -0.39 is 18.2 Å². The number of hydrogen-bond acceptors (Lipinski definition) is 10. The molecule has 1 N–H and O–H groups in total. The van der Waals surface area contributed by atoms with E-state index in [1.54, 1.807) is 37.4 Å². The molecular formula is C28H30O10. The van der Waals surface area contributed by atoms with E-state index in [1.807, 2.05) is 0 Å². The molecule has 1 aliphatic rings. The molecule has 3 aromatic rings. The highest BCUT2D eigenvalue weighted by atomic mass is 16.5. The number of rotatable bonds is 9. The predicted octanol–water partition coefficient (Wildman–Crippen LogP) is 3.99. The minimum absolute atomic E-state index is 0.190. The van der Waals surface area contributed by atoms with Gasteiger partial charge in [0.15, 0.2) is 23.0 Å². The first-order valence-corrected chi connectivity index (χ1v) is 11.7. The molecule has 0 aliphatic carbocycles. The fraction of sp³-hybridized carbons (Fsp3) is 0.321. The number of ether oxygens (including phenoxy) is 8. The zero-order chi connectivity index (χ0) is 27.4. The topological polar surface area (TPSA) is 111 Å². The number of esters is 1. The van der Waals surface area contributed by atoms with Crippen LogP contribution >= 0.6 is 0 Å². The molecule has 2 unspecified atom stereocenters. The Hall–Kier alpha value is -4.31. The van der Waals surface area contributed by atoms with Crippen LogP contribution in [0.25, 0.3) is 0 Å². The van der Waals surface area contributed by atoms with Gasteiger partial charge in [0.1, 0.15) is 23.4 Å². The molecule has 0 spiro atoms. The van der Waals surface area contributed by atoms with Gasteiger partial charge in [-0.05, 0) is 29.8 Å². The van der Waals surface area contributed by atoms with Crippen molar-refractivity contribution >= 4 is 5.97 Å². The maximum absolute atomic E-state index is 13.1. The molecule has 202 valence electrons. The lowest BCUT2D eigenvalue weighted by Gasteiger charge is -2.32. The second kappa shape index (κ2) is 11.4. The summed E-state index contributed by atoms with van der Waals surface area (Å²) in [6, 6.07) is 11.5. The maximum atomic E-state index is 13.1. The number of carbonyl (C=O) groups excluding carboxylic acids is 1. The van der Waals surface area contributed by atoms with Crippen LogP contribution in [-0.2, 0) is 6.42 Å². The van der Waals surface area contributed by atoms with Crippen LogP contribution in [0.5, 0.6) is 46.0 Å². The standard InChI is InChI=1S/C28H30O10/c1-31-20-8-7-15(9-23(20)33-3)26-19(29)14-18-21(32-2)12-17(13-22(18)38-26)37-28(30)16-10-24(34-4)27(36-6)25(11-16)35-5/h7-13,19,26,29H,14H2,1-6H3. The summed E-state index contributed by atoms with van der Waals surface area (Å²) in [4.78, 5) is 13.1. The van der Waals surface area contributed by atoms with E-state index in [9.17, 15) is 9.90 Å². The number of methoxy groups -OCH3 is 6. The molecule has 0 bridgehead atoms. The quantitative estimate of drug-likeness (QED) is 0.324. The molecule has 0 radical (unpaired) electrons. The molecule has 38 heavy (non-hydrogen) atoms. The number of aliphatic hydroxyl groups is 1. The van der Waals surface area contributed by atoms with Crippen LogP contribution in [0.2, 0.25) is 0 Å². The Kier molecular flexibility index (Phi) is 8.02. The third-order valence-electron chi connectivity index (χ3n) is 6.23. The lowest BCUT2D eigenvalue weighted by Crippen LogP contribution is -2.30. The van der Waals surface area contributed by atoms with Crippen molar-refractivity contribution < 1.29 is 47.8 Å². The Labute approximate surface area is 220 Å². The van der Waals surface area contributed by atoms with Crippen molar-refractivity contribution in [2.45, 2.75) is 18.6 Å². The molecule has 0 saturated carbocycles. The number of aliphatic hydroxyl groups excluding tert-OH is 1. The fourth-order valence-electron chi connectivity index (χ4n) is 4.36. The monoisotopic (exact) mass is 526 g/mol. The molecule has 0 fully saturated rings. The van der Waals surface area contributed by atoms with Gasteiger partial charge in [0.2, 0.25) is 5.75 Å². The minimum atomic E-state index is -0.859. The summed E-state index contributed by atoms with van der Waals surface area (Å²) in [5.41, 5.74) is 1.54. The fourth-order valence-corrected chi connectivity index (χ4v) is 4.36. The second-order valence-corrected chi connectivity index (χ2v) is 8.33. The number of carbonyl (C=O) groups is 1. The Morgan fingerprint density at radius 2 is 1.39 bits per heavy atom. The molecule has 4 rings (SSSR count). The lowest BCUT2D eigenvalue weighted by atomic mass is 9.94. The molecule has 0 saturated heterocycles. The highest BCUT2D eigenvalue weighted by Gasteiger charge is 2.33. The minimum Gasteiger partial charge on any atom is -0.496 e. The van der Waals surface area contributed by atoms with E-state index in [0.29, 0.717) is 51.4 Å². The van der Waals surface area contributed by atoms with E-state index >= 15 is 0 Å². The summed E-state index contributed by atoms with van der Waals surface area (Å²) in [7, 11) is 8.97. The van der Waals surface area contributed by atoms with Gasteiger partial charge in [-0.15, -0.1) is 0 Å². The second-order valence-electron chi connectivity index (χ2n) is 8.33. The first-order chi connectivity index (χ1) is 18.4. The van der Waals surface area contributed by atoms with Crippen LogP contribution in [0.4, 0.5) is 0 Å². The summed E-state index contributed by atoms with van der Waals surface area (Å²) in [5.74, 6) is 2.44. The smallest absolute Gasteiger partial charge is 0.343 e. The van der Waals surface area contributed by atoms with Gasteiger partial charge in [0.05, 0.1) is 54.3 Å². The highest BCUT2D eigenvalue weighted by molar-refractivity contribution is 5.93. The third-order valence-corrected chi connectivity index (χ3v) is 6.23. The van der Waals surface area contributed by atoms with E-state index in [-0.39, 0.29) is 17.7 Å². The van der Waals surface area contributed by atoms with Crippen molar-refractivity contribution in [3.8, 4) is 46.0 Å². The largest absolute Gasteiger partial charge is 0.496 e. The van der Waals surface area contributed by atoms with Gasteiger partial charge in [-0.25, -0.2) is 4.79 Å². The summed E-state index contributed by atoms with van der Waals surface area (Å²) in [5, 5.41) is 10.9. The molecule has 10 heteroatoms. The van der Waals surface area contributed by atoms with Crippen LogP contribution in [-0.4, -0.2) is 59.8 Å². The normalized spacial score (nSPS) is 16.0. The molecule has 0 amide bonds. The first-order valence-electron chi connectivity index (χ1n) is 11.7. The van der Waals surface area contributed by atoms with Gasteiger partial charge in [-0.3, -0.25) is 0 Å². The van der Waals surface area contributed by atoms with Gasteiger partial charge in [0.25, 0.3) is 0 Å². The van der Waals surface area contributed by atoms with Gasteiger partial charge < -0.3 is 43.0 Å². The summed E-state index contributed by atoms with van der Waals surface area (Å²) in [6.45, 7) is 0. The van der Waals surface area contributed by atoms with E-state index in [4.69, 9.17) is 37.9 Å². The zero-order valence-corrected chi connectivity index (χ0v) is 22.0. The summed E-state index contributed by atoms with van der Waals surface area (Å²) >= 11 is 0. The predicted molar refractivity (Wildman–Crippen MR) is 137 cm³/mol. The van der Waals surface area contributed by atoms with Crippen molar-refractivity contribution in [3.63, 3.8) is 0 Å². The molecule has 1 aliphatic heterocycles. The highest BCUT2D eigenvalue weighted by Crippen LogP contribution is 2.44. The van der Waals surface area contributed by atoms with E-state index in [1.165, 1.54) is 47.7 Å². The van der Waals surface area contributed by atoms with E-state index in [2.05, 4.69) is 0 Å². The van der Waals surface area contributed by atoms with Gasteiger partial charge in [-0.2, -0.15) is 0 Å². The van der Waals surface area contributed by atoms with Crippen molar-refractivity contribution in [3.05, 3.63) is 59.2 Å². The Balaban J connectivity index is 1.65. The molecule has 2 atom stereocenters. The lowest BCUT2D eigenvalue weighted by molar-refractivity contribution is 0.0196. The maximum Gasteiger partial charge on any atom is 0.343 e. The van der Waals surface area contributed by atoms with Crippen molar-refractivity contribution in [2.75, 3.05) is 42.7 Å². The first kappa shape index (κ1) is 26.7. The van der Waals surface area contributed by atoms with Crippen molar-refractivity contribution in [1.82, 2.24) is 0 Å². The SMILES string of the molecule is COc1ccc(C2Oc3cc(OC(=O)c4cc(OC)c(OC)c(OC)c4)cc(OC)c3CC2O)cc1OC. The molecule has 10 nitrogen and oxygen atoms in total. The Morgan fingerprint density at radius 1 is 0.763 bits per heavy atom. The molecule has 3 aromatic carbocycles. The van der Waals surface area contributed by atoms with Crippen LogP contribution in [0.3, 0.4) is 0 Å². The van der Waals surface area contributed by atoms with E-state index in [0.717, 1.165) is 0 Å². The van der Waals surface area contributed by atoms with Crippen LogP contribution in [0.1, 0.15) is 27.6 Å². The van der Waals surface area contributed by atoms with Crippen LogP contribution in [0.15, 0.2) is 42.5 Å². The summed E-state index contributed by atoms with van der Waals surface area (Å²) < 4.78 is 44.1. The van der Waals surface area contributed by atoms with Gasteiger partial charge in [-0.1, -0.05) is 6.07 Å².